The van der Waals surface area contributed by atoms with Gasteiger partial charge in [0.1, 0.15) is 6.10 Å². The van der Waals surface area contributed by atoms with Crippen molar-refractivity contribution in [2.75, 3.05) is 34.3 Å². The zero-order valence-corrected chi connectivity index (χ0v) is 35.4. The Balaban J connectivity index is 0. The molecule has 0 N–H and O–H groups in total. The van der Waals surface area contributed by atoms with Crippen molar-refractivity contribution in [3.05, 3.63) is 0 Å². The zero-order valence-electron chi connectivity index (χ0n) is 33.2. The number of unbranched alkanes of at least 4 members (excludes halogenated alkanes) is 18. The predicted molar refractivity (Wildman–Crippen MR) is 203 cm³/mol. The quantitative estimate of drug-likeness (QED) is 0.0275. The van der Waals surface area contributed by atoms with Crippen LogP contribution in [0.1, 0.15) is 213 Å². The van der Waals surface area contributed by atoms with Crippen LogP contribution in [0.15, 0.2) is 0 Å². The topological polar surface area (TPSA) is 52.6 Å². The molecule has 0 amide bonds. The van der Waals surface area contributed by atoms with Gasteiger partial charge in [0, 0.05) is 12.8 Å². The van der Waals surface area contributed by atoms with Crippen LogP contribution in [0, 0.1) is 5.92 Å². The molecule has 1 unspecified atom stereocenters. The predicted octanol–water partition coefficient (Wildman–Crippen LogP) is 9.53. The molecule has 0 aromatic carbocycles. The number of hydrogen-bond donors (Lipinski definition) is 0. The summed E-state index contributed by atoms with van der Waals surface area (Å²) < 4.78 is 12.6. The molecule has 5 nitrogen and oxygen atoms in total. The minimum Gasteiger partial charge on any atom is -1.00 e. The third-order valence-electron chi connectivity index (χ3n) is 9.77. The molecule has 48 heavy (non-hydrogen) atoms. The summed E-state index contributed by atoms with van der Waals surface area (Å²) >= 11 is 0. The number of carbonyl (C=O) groups excluding carboxylic acids is 2. The summed E-state index contributed by atoms with van der Waals surface area (Å²) in [6, 6.07) is 0. The number of rotatable bonds is 36. The van der Waals surface area contributed by atoms with Crippen LogP contribution in [-0.2, 0) is 19.1 Å². The lowest BCUT2D eigenvalue weighted by molar-refractivity contribution is -0.870. The number of halogens is 1. The molecule has 0 saturated heterocycles. The van der Waals surface area contributed by atoms with Gasteiger partial charge >= 0.3 is 11.9 Å². The highest BCUT2D eigenvalue weighted by Crippen LogP contribution is 2.23. The Bertz CT molecular complexity index is 682. The maximum atomic E-state index is 12.7. The monoisotopic (exact) mass is 794 g/mol. The van der Waals surface area contributed by atoms with Gasteiger partial charge in [0.15, 0.2) is 0 Å². The molecular formula is C42H84INO4. The van der Waals surface area contributed by atoms with E-state index in [-0.39, 0.29) is 42.0 Å². The second-order valence-corrected chi connectivity index (χ2v) is 15.7. The van der Waals surface area contributed by atoms with Gasteiger partial charge in [0.2, 0.25) is 0 Å². The van der Waals surface area contributed by atoms with Crippen LogP contribution in [0.25, 0.3) is 0 Å². The van der Waals surface area contributed by atoms with E-state index in [0.717, 1.165) is 49.6 Å². The maximum absolute atomic E-state index is 12.7. The van der Waals surface area contributed by atoms with Crippen LogP contribution >= 0.6 is 0 Å². The van der Waals surface area contributed by atoms with Gasteiger partial charge in [-0.05, 0) is 44.4 Å². The van der Waals surface area contributed by atoms with E-state index in [1.165, 1.54) is 141 Å². The summed E-state index contributed by atoms with van der Waals surface area (Å²) in [6.45, 7) is 8.35. The summed E-state index contributed by atoms with van der Waals surface area (Å²) in [7, 11) is 6.49. The van der Waals surface area contributed by atoms with Crippen LogP contribution in [0.5, 0.6) is 0 Å². The number of nitrogens with zero attached hydrogens (tertiary/aromatic N) is 1. The van der Waals surface area contributed by atoms with E-state index in [4.69, 9.17) is 9.47 Å². The fourth-order valence-electron chi connectivity index (χ4n) is 6.62. The third-order valence-corrected chi connectivity index (χ3v) is 9.77. The molecule has 0 heterocycles. The van der Waals surface area contributed by atoms with E-state index >= 15 is 0 Å². The highest BCUT2D eigenvalue weighted by molar-refractivity contribution is 5.69. The maximum Gasteiger partial charge on any atom is 0.306 e. The number of quaternary nitrogens is 1. The van der Waals surface area contributed by atoms with E-state index in [1.54, 1.807) is 0 Å². The lowest BCUT2D eigenvalue weighted by Gasteiger charge is -2.23. The minimum absolute atomic E-state index is 0. The first-order valence-electron chi connectivity index (χ1n) is 20.9. The summed E-state index contributed by atoms with van der Waals surface area (Å²) in [5, 5.41) is 0. The van der Waals surface area contributed by atoms with Crippen molar-refractivity contribution in [3.8, 4) is 0 Å². The Hall–Kier alpha value is -0.370. The average molecular weight is 794 g/mol. The summed E-state index contributed by atoms with van der Waals surface area (Å²) in [6.07, 6.45) is 35.5. The highest BCUT2D eigenvalue weighted by atomic mass is 127. The van der Waals surface area contributed by atoms with Gasteiger partial charge in [-0.15, -0.1) is 0 Å². The largest absolute Gasteiger partial charge is 1.00 e. The number of hydrogen-bond acceptors (Lipinski definition) is 4. The molecule has 0 aliphatic rings. The number of esters is 2. The molecule has 0 aromatic heterocycles. The van der Waals surface area contributed by atoms with E-state index in [1.807, 2.05) is 0 Å². The standard InChI is InChI=1S/C42H84NO4.HI/c1-7-10-13-16-17-18-21-24-30-39(36-38-46-41(44)35-29-37-43(4,5)6)31-25-22-23-28-34-42(45)47-40(32-26-19-14-11-8-2)33-27-20-15-12-9-3;/h39-40H,7-38H2,1-6H3;1H/q+1;/p-1. The molecule has 0 bridgehead atoms. The Morgan fingerprint density at radius 1 is 0.479 bits per heavy atom. The number of carbonyl (C=O) groups is 2. The van der Waals surface area contributed by atoms with Gasteiger partial charge < -0.3 is 37.9 Å². The Morgan fingerprint density at radius 2 is 0.875 bits per heavy atom. The molecule has 0 rings (SSSR count). The lowest BCUT2D eigenvalue weighted by Crippen LogP contribution is -3.00. The Morgan fingerprint density at radius 3 is 1.33 bits per heavy atom. The van der Waals surface area contributed by atoms with Crippen molar-refractivity contribution < 1.29 is 47.5 Å². The second kappa shape index (κ2) is 36.4. The third kappa shape index (κ3) is 36.9. The molecule has 0 fully saturated rings. The molecule has 0 spiro atoms. The molecule has 0 radical (unpaired) electrons. The molecule has 1 atom stereocenters. The van der Waals surface area contributed by atoms with Crippen molar-refractivity contribution in [3.63, 3.8) is 0 Å². The normalized spacial score (nSPS) is 12.2. The Kier molecular flexibility index (Phi) is 37.7. The first-order chi connectivity index (χ1) is 22.7. The molecule has 288 valence electrons. The summed E-state index contributed by atoms with van der Waals surface area (Å²) in [4.78, 5) is 25.0. The SMILES string of the molecule is CCCCCCCCCCC(CCCCCCC(=O)OC(CCCCCCC)CCCCCCC)CCOC(=O)CCC[N+](C)(C)C.[I-]. The highest BCUT2D eigenvalue weighted by Gasteiger charge is 2.15. The smallest absolute Gasteiger partial charge is 0.306 e. The van der Waals surface area contributed by atoms with Gasteiger partial charge in [0.25, 0.3) is 0 Å². The molecule has 0 saturated carbocycles. The van der Waals surface area contributed by atoms with Gasteiger partial charge in [-0.1, -0.05) is 156 Å². The van der Waals surface area contributed by atoms with Crippen molar-refractivity contribution in [1.29, 1.82) is 0 Å². The van der Waals surface area contributed by atoms with Crippen LogP contribution in [0.2, 0.25) is 0 Å². The number of ether oxygens (including phenoxy) is 2. The summed E-state index contributed by atoms with van der Waals surface area (Å²) in [5.41, 5.74) is 0. The van der Waals surface area contributed by atoms with Gasteiger partial charge in [-0.2, -0.15) is 0 Å². The van der Waals surface area contributed by atoms with Crippen molar-refractivity contribution in [1.82, 2.24) is 0 Å². The van der Waals surface area contributed by atoms with E-state index in [2.05, 4.69) is 41.9 Å². The Labute approximate surface area is 317 Å². The molecule has 0 aromatic rings. The van der Waals surface area contributed by atoms with Gasteiger partial charge in [0.05, 0.1) is 40.7 Å². The lowest BCUT2D eigenvalue weighted by atomic mass is 9.91. The van der Waals surface area contributed by atoms with Crippen molar-refractivity contribution in [2.24, 2.45) is 5.92 Å². The average Bonchev–Trinajstić information content (AvgIpc) is 3.02. The molecular weight excluding hydrogens is 709 g/mol. The molecule has 0 aliphatic heterocycles. The van der Waals surface area contributed by atoms with Crippen LogP contribution in [0.3, 0.4) is 0 Å². The van der Waals surface area contributed by atoms with Crippen LogP contribution in [-0.4, -0.2) is 56.8 Å². The van der Waals surface area contributed by atoms with Gasteiger partial charge in [-0.25, -0.2) is 0 Å². The molecule has 0 aliphatic carbocycles. The van der Waals surface area contributed by atoms with Crippen LogP contribution < -0.4 is 24.0 Å². The minimum atomic E-state index is -0.0357. The molecule has 6 heteroatoms. The first-order valence-corrected chi connectivity index (χ1v) is 20.9. The van der Waals surface area contributed by atoms with Crippen molar-refractivity contribution in [2.45, 2.75) is 219 Å². The van der Waals surface area contributed by atoms with Crippen LogP contribution in [0.4, 0.5) is 0 Å². The zero-order chi connectivity index (χ0) is 34.9. The van der Waals surface area contributed by atoms with E-state index in [9.17, 15) is 9.59 Å². The van der Waals surface area contributed by atoms with Gasteiger partial charge in [-0.3, -0.25) is 9.59 Å². The van der Waals surface area contributed by atoms with E-state index in [0.29, 0.717) is 25.4 Å². The fraction of sp³-hybridized carbons (Fsp3) is 0.952. The van der Waals surface area contributed by atoms with Crippen molar-refractivity contribution >= 4 is 11.9 Å². The van der Waals surface area contributed by atoms with E-state index < -0.39 is 0 Å². The fourth-order valence-corrected chi connectivity index (χ4v) is 6.62. The first kappa shape index (κ1) is 49.7. The summed E-state index contributed by atoms with van der Waals surface area (Å²) in [5.74, 6) is 0.619. The second-order valence-electron chi connectivity index (χ2n) is 15.7.